The number of benzene rings is 1. The molecule has 23 heavy (non-hydrogen) atoms. The summed E-state index contributed by atoms with van der Waals surface area (Å²) in [5.74, 6) is 0.405. The van der Waals surface area contributed by atoms with E-state index < -0.39 is 15.4 Å². The fourth-order valence-corrected chi connectivity index (χ4v) is 4.12. The fraction of sp³-hybridized carbons (Fsp3) is 0.684. The number of rotatable bonds is 13. The zero-order valence-electron chi connectivity index (χ0n) is 14.7. The summed E-state index contributed by atoms with van der Waals surface area (Å²) >= 11 is 0. The molecule has 0 bridgehead atoms. The van der Waals surface area contributed by atoms with Crippen LogP contribution in [0.5, 0.6) is 5.75 Å². The van der Waals surface area contributed by atoms with Crippen molar-refractivity contribution in [3.8, 4) is 5.75 Å². The quantitative estimate of drug-likeness (QED) is 0.341. The Kier molecular flexibility index (Phi) is 10.0. The molecule has 0 aliphatic rings. The minimum absolute atomic E-state index is 0.400. The molecule has 4 heteroatoms. The van der Waals surface area contributed by atoms with Crippen molar-refractivity contribution < 1.29 is 12.6 Å². The van der Waals surface area contributed by atoms with Gasteiger partial charge in [0.05, 0.1) is 5.25 Å². The summed E-state index contributed by atoms with van der Waals surface area (Å²) in [6.45, 7) is 4.14. The predicted molar refractivity (Wildman–Crippen MR) is 97.3 cm³/mol. The van der Waals surface area contributed by atoms with Gasteiger partial charge in [0.15, 0.2) is 0 Å². The Hall–Kier alpha value is -1.03. The summed E-state index contributed by atoms with van der Waals surface area (Å²) < 4.78 is 29.9. The molecule has 1 unspecified atom stereocenters. The van der Waals surface area contributed by atoms with Gasteiger partial charge in [-0.25, -0.2) is 0 Å². The molecule has 0 saturated heterocycles. The number of para-hydroxylation sites is 1. The zero-order chi connectivity index (χ0) is 17.0. The van der Waals surface area contributed by atoms with Crippen LogP contribution >= 0.6 is 0 Å². The van der Waals surface area contributed by atoms with Crippen molar-refractivity contribution in [3.05, 3.63) is 30.3 Å². The third kappa shape index (κ3) is 8.40. The Morgan fingerprint density at radius 1 is 0.870 bits per heavy atom. The van der Waals surface area contributed by atoms with Crippen LogP contribution in [0.3, 0.4) is 0 Å². The van der Waals surface area contributed by atoms with Gasteiger partial charge < -0.3 is 4.18 Å². The maximum absolute atomic E-state index is 12.3. The van der Waals surface area contributed by atoms with Gasteiger partial charge >= 0.3 is 10.1 Å². The first-order valence-corrected chi connectivity index (χ1v) is 10.6. The first-order valence-electron chi connectivity index (χ1n) is 9.08. The average Bonchev–Trinajstić information content (AvgIpc) is 2.53. The van der Waals surface area contributed by atoms with E-state index >= 15 is 0 Å². The van der Waals surface area contributed by atoms with Gasteiger partial charge in [-0.2, -0.15) is 8.42 Å². The van der Waals surface area contributed by atoms with E-state index in [-0.39, 0.29) is 0 Å². The highest BCUT2D eigenvalue weighted by Gasteiger charge is 2.25. The molecule has 0 fully saturated rings. The van der Waals surface area contributed by atoms with E-state index in [4.69, 9.17) is 4.18 Å². The molecule has 0 heterocycles. The molecular formula is C19H32O3S. The lowest BCUT2D eigenvalue weighted by Gasteiger charge is -2.16. The van der Waals surface area contributed by atoms with Crippen LogP contribution in [0.25, 0.3) is 0 Å². The molecule has 0 spiro atoms. The van der Waals surface area contributed by atoms with Crippen molar-refractivity contribution >= 4 is 10.1 Å². The summed E-state index contributed by atoms with van der Waals surface area (Å²) in [6.07, 6.45) is 11.1. The lowest BCUT2D eigenvalue weighted by atomic mass is 10.1. The summed E-state index contributed by atoms with van der Waals surface area (Å²) in [7, 11) is -3.53. The smallest absolute Gasteiger partial charge is 0.312 e. The van der Waals surface area contributed by atoms with Crippen molar-refractivity contribution in [2.75, 3.05) is 0 Å². The number of hydrogen-bond donors (Lipinski definition) is 0. The van der Waals surface area contributed by atoms with Crippen LogP contribution in [0.15, 0.2) is 30.3 Å². The first-order chi connectivity index (χ1) is 11.1. The molecule has 0 aliphatic carbocycles. The molecule has 1 rings (SSSR count). The molecule has 1 aromatic rings. The van der Waals surface area contributed by atoms with Crippen molar-refractivity contribution in [1.29, 1.82) is 0 Å². The SMILES string of the molecule is CCCCCCCCCCC(CC)S(=O)(=O)Oc1ccccc1. The molecule has 0 amide bonds. The largest absolute Gasteiger partial charge is 0.382 e. The number of unbranched alkanes of at least 4 members (excludes halogenated alkanes) is 7. The van der Waals surface area contributed by atoms with E-state index in [1.54, 1.807) is 24.3 Å². The Morgan fingerprint density at radius 2 is 1.43 bits per heavy atom. The first kappa shape index (κ1) is 20.0. The van der Waals surface area contributed by atoms with Gasteiger partial charge in [-0.15, -0.1) is 0 Å². The van der Waals surface area contributed by atoms with Gasteiger partial charge in [0.1, 0.15) is 5.75 Å². The fourth-order valence-electron chi connectivity index (χ4n) is 2.74. The Bertz CT molecular complexity index is 497. The number of hydrogen-bond acceptors (Lipinski definition) is 3. The summed E-state index contributed by atoms with van der Waals surface area (Å²) in [6, 6.07) is 8.77. The maximum Gasteiger partial charge on any atom is 0.312 e. The topological polar surface area (TPSA) is 43.4 Å². The van der Waals surface area contributed by atoms with E-state index in [9.17, 15) is 8.42 Å². The van der Waals surface area contributed by atoms with Crippen LogP contribution in [0, 0.1) is 0 Å². The second-order valence-corrected chi connectivity index (χ2v) is 8.00. The van der Waals surface area contributed by atoms with Gasteiger partial charge in [0, 0.05) is 0 Å². The summed E-state index contributed by atoms with van der Waals surface area (Å²) in [5.41, 5.74) is 0. The molecule has 1 atom stereocenters. The van der Waals surface area contributed by atoms with E-state index in [0.29, 0.717) is 18.6 Å². The van der Waals surface area contributed by atoms with E-state index in [1.165, 1.54) is 38.5 Å². The highest BCUT2D eigenvalue weighted by atomic mass is 32.2. The van der Waals surface area contributed by atoms with Crippen molar-refractivity contribution in [2.24, 2.45) is 0 Å². The summed E-state index contributed by atoms with van der Waals surface area (Å²) in [5, 5.41) is -0.400. The van der Waals surface area contributed by atoms with E-state index in [1.807, 2.05) is 13.0 Å². The van der Waals surface area contributed by atoms with Crippen LogP contribution in [-0.4, -0.2) is 13.7 Å². The van der Waals surface area contributed by atoms with E-state index in [0.717, 1.165) is 12.8 Å². The standard InChI is InChI=1S/C19H32O3S/c1-3-5-6-7-8-9-10-14-17-19(4-2)23(20,21)22-18-15-12-11-13-16-18/h11-13,15-16,19H,3-10,14,17H2,1-2H3. The Morgan fingerprint density at radius 3 is 2.00 bits per heavy atom. The van der Waals surface area contributed by atoms with Crippen molar-refractivity contribution in [1.82, 2.24) is 0 Å². The van der Waals surface area contributed by atoms with Crippen LogP contribution in [-0.2, 0) is 10.1 Å². The monoisotopic (exact) mass is 340 g/mol. The highest BCUT2D eigenvalue weighted by molar-refractivity contribution is 7.87. The van der Waals surface area contributed by atoms with Gasteiger partial charge in [-0.3, -0.25) is 0 Å². The van der Waals surface area contributed by atoms with Crippen molar-refractivity contribution in [2.45, 2.75) is 83.3 Å². The predicted octanol–water partition coefficient (Wildman–Crippen LogP) is 5.70. The molecule has 0 saturated carbocycles. The van der Waals surface area contributed by atoms with Gasteiger partial charge in [0.25, 0.3) is 0 Å². The molecule has 3 nitrogen and oxygen atoms in total. The highest BCUT2D eigenvalue weighted by Crippen LogP contribution is 2.20. The molecule has 0 radical (unpaired) electrons. The lowest BCUT2D eigenvalue weighted by Crippen LogP contribution is -2.25. The minimum atomic E-state index is -3.53. The third-order valence-corrected chi connectivity index (χ3v) is 6.01. The van der Waals surface area contributed by atoms with Gasteiger partial charge in [-0.05, 0) is 25.0 Å². The molecule has 0 aliphatic heterocycles. The average molecular weight is 341 g/mol. The van der Waals surface area contributed by atoms with Crippen LogP contribution in [0.4, 0.5) is 0 Å². The molecule has 1 aromatic carbocycles. The molecular weight excluding hydrogens is 308 g/mol. The second kappa shape index (κ2) is 11.5. The van der Waals surface area contributed by atoms with Gasteiger partial charge in [0.2, 0.25) is 0 Å². The Balaban J connectivity index is 2.29. The summed E-state index contributed by atoms with van der Waals surface area (Å²) in [4.78, 5) is 0. The zero-order valence-corrected chi connectivity index (χ0v) is 15.5. The van der Waals surface area contributed by atoms with Crippen LogP contribution in [0.2, 0.25) is 0 Å². The Labute approximate surface area is 142 Å². The maximum atomic E-state index is 12.3. The second-order valence-electron chi connectivity index (χ2n) is 6.18. The third-order valence-electron chi connectivity index (χ3n) is 4.20. The van der Waals surface area contributed by atoms with Crippen LogP contribution < -0.4 is 4.18 Å². The lowest BCUT2D eigenvalue weighted by molar-refractivity contribution is 0.456. The molecule has 0 aromatic heterocycles. The minimum Gasteiger partial charge on any atom is -0.382 e. The van der Waals surface area contributed by atoms with Gasteiger partial charge in [-0.1, -0.05) is 83.4 Å². The van der Waals surface area contributed by atoms with E-state index in [2.05, 4.69) is 6.92 Å². The van der Waals surface area contributed by atoms with Crippen LogP contribution in [0.1, 0.15) is 78.1 Å². The normalized spacial score (nSPS) is 13.0. The van der Waals surface area contributed by atoms with Crippen molar-refractivity contribution in [3.63, 3.8) is 0 Å². The molecule has 132 valence electrons. The molecule has 0 N–H and O–H groups in total.